The number of amides is 3. The number of carbonyl (C=O) groups is 2. The standard InChI is InChI=1S/C25H25N3O3/c1-2-31-21-14-12-20(13-15-21)28-17-19(16-24(28)29)26-25(30)27-23-11-7-6-10-22(23)18-8-4-3-5-9-18/h3-15,19H,2,16-17H2,1H3,(H2,26,27,30)/t19-/m0/s1. The van der Waals surface area contributed by atoms with Crippen molar-refractivity contribution in [2.75, 3.05) is 23.4 Å². The minimum absolute atomic E-state index is 0.0147. The second-order valence-corrected chi connectivity index (χ2v) is 7.34. The van der Waals surface area contributed by atoms with Crippen molar-refractivity contribution in [3.05, 3.63) is 78.9 Å². The number of benzene rings is 3. The molecule has 1 atom stereocenters. The van der Waals surface area contributed by atoms with Crippen LogP contribution in [0.1, 0.15) is 13.3 Å². The minimum atomic E-state index is -0.324. The Hall–Kier alpha value is -3.80. The Morgan fingerprint density at radius 3 is 2.45 bits per heavy atom. The Morgan fingerprint density at radius 1 is 1.00 bits per heavy atom. The molecule has 0 aliphatic carbocycles. The highest BCUT2D eigenvalue weighted by Crippen LogP contribution is 2.28. The van der Waals surface area contributed by atoms with E-state index in [0.717, 1.165) is 28.3 Å². The van der Waals surface area contributed by atoms with Crippen molar-refractivity contribution < 1.29 is 14.3 Å². The highest BCUT2D eigenvalue weighted by molar-refractivity contribution is 5.98. The van der Waals surface area contributed by atoms with Crippen LogP contribution in [0, 0.1) is 0 Å². The van der Waals surface area contributed by atoms with Gasteiger partial charge in [-0.2, -0.15) is 0 Å². The fourth-order valence-corrected chi connectivity index (χ4v) is 3.75. The predicted molar refractivity (Wildman–Crippen MR) is 122 cm³/mol. The summed E-state index contributed by atoms with van der Waals surface area (Å²) in [7, 11) is 0. The molecule has 3 aromatic carbocycles. The maximum atomic E-state index is 12.6. The predicted octanol–water partition coefficient (Wildman–Crippen LogP) is 4.68. The largest absolute Gasteiger partial charge is 0.494 e. The van der Waals surface area contributed by atoms with Crippen LogP contribution in [0.5, 0.6) is 5.75 Å². The van der Waals surface area contributed by atoms with E-state index < -0.39 is 0 Å². The quantitative estimate of drug-likeness (QED) is 0.614. The number of para-hydroxylation sites is 1. The molecule has 4 rings (SSSR count). The molecule has 2 N–H and O–H groups in total. The third-order valence-electron chi connectivity index (χ3n) is 5.18. The normalized spacial score (nSPS) is 15.6. The molecule has 1 aliphatic heterocycles. The van der Waals surface area contributed by atoms with E-state index in [2.05, 4.69) is 10.6 Å². The van der Waals surface area contributed by atoms with Crippen LogP contribution in [-0.4, -0.2) is 31.1 Å². The minimum Gasteiger partial charge on any atom is -0.494 e. The van der Waals surface area contributed by atoms with E-state index in [1.807, 2.05) is 85.8 Å². The maximum absolute atomic E-state index is 12.6. The van der Waals surface area contributed by atoms with Crippen molar-refractivity contribution >= 4 is 23.3 Å². The average Bonchev–Trinajstić information content (AvgIpc) is 3.15. The first-order valence-corrected chi connectivity index (χ1v) is 10.4. The number of carbonyl (C=O) groups excluding carboxylic acids is 2. The molecule has 6 heteroatoms. The SMILES string of the molecule is CCOc1ccc(N2C[C@@H](NC(=O)Nc3ccccc3-c3ccccc3)CC2=O)cc1. The van der Waals surface area contributed by atoms with Gasteiger partial charge in [0.2, 0.25) is 5.91 Å². The van der Waals surface area contributed by atoms with Crippen molar-refractivity contribution in [2.24, 2.45) is 0 Å². The molecule has 3 aromatic rings. The molecular weight excluding hydrogens is 390 g/mol. The summed E-state index contributed by atoms with van der Waals surface area (Å²) in [5, 5.41) is 5.86. The third-order valence-corrected chi connectivity index (χ3v) is 5.18. The smallest absolute Gasteiger partial charge is 0.319 e. The second-order valence-electron chi connectivity index (χ2n) is 7.34. The van der Waals surface area contributed by atoms with Gasteiger partial charge in [0.1, 0.15) is 5.75 Å². The monoisotopic (exact) mass is 415 g/mol. The van der Waals surface area contributed by atoms with Crippen LogP contribution in [0.2, 0.25) is 0 Å². The van der Waals surface area contributed by atoms with Crippen LogP contribution in [0.3, 0.4) is 0 Å². The van der Waals surface area contributed by atoms with Gasteiger partial charge in [0.05, 0.1) is 18.3 Å². The number of urea groups is 1. The summed E-state index contributed by atoms with van der Waals surface area (Å²) in [4.78, 5) is 26.8. The first kappa shape index (κ1) is 20.5. The Labute approximate surface area is 181 Å². The fourth-order valence-electron chi connectivity index (χ4n) is 3.75. The van der Waals surface area contributed by atoms with Gasteiger partial charge in [-0.1, -0.05) is 48.5 Å². The van der Waals surface area contributed by atoms with E-state index in [1.54, 1.807) is 4.90 Å². The van der Waals surface area contributed by atoms with Gasteiger partial charge < -0.3 is 20.3 Å². The molecule has 0 aromatic heterocycles. The van der Waals surface area contributed by atoms with Gasteiger partial charge in [0.15, 0.2) is 0 Å². The van der Waals surface area contributed by atoms with Crippen molar-refractivity contribution in [1.29, 1.82) is 0 Å². The van der Waals surface area contributed by atoms with Crippen molar-refractivity contribution in [2.45, 2.75) is 19.4 Å². The Bertz CT molecular complexity index is 1050. The van der Waals surface area contributed by atoms with Crippen LogP contribution in [0.15, 0.2) is 78.9 Å². The highest BCUT2D eigenvalue weighted by atomic mass is 16.5. The first-order chi connectivity index (χ1) is 15.1. The number of hydrogen-bond donors (Lipinski definition) is 2. The van der Waals surface area contributed by atoms with E-state index in [1.165, 1.54) is 0 Å². The van der Waals surface area contributed by atoms with E-state index in [4.69, 9.17) is 4.74 Å². The van der Waals surface area contributed by atoms with E-state index in [0.29, 0.717) is 13.2 Å². The van der Waals surface area contributed by atoms with Crippen molar-refractivity contribution in [3.63, 3.8) is 0 Å². The van der Waals surface area contributed by atoms with E-state index in [-0.39, 0.29) is 24.4 Å². The number of nitrogens with one attached hydrogen (secondary N) is 2. The first-order valence-electron chi connectivity index (χ1n) is 10.4. The summed E-state index contributed by atoms with van der Waals surface area (Å²) >= 11 is 0. The van der Waals surface area contributed by atoms with Gasteiger partial charge in [0, 0.05) is 24.2 Å². The van der Waals surface area contributed by atoms with Gasteiger partial charge in [-0.05, 0) is 42.8 Å². The van der Waals surface area contributed by atoms with Crippen LogP contribution >= 0.6 is 0 Å². The van der Waals surface area contributed by atoms with Crippen LogP contribution < -0.4 is 20.3 Å². The number of ether oxygens (including phenoxy) is 1. The summed E-state index contributed by atoms with van der Waals surface area (Å²) in [6, 6.07) is 24.4. The van der Waals surface area contributed by atoms with Crippen molar-refractivity contribution in [3.8, 4) is 16.9 Å². The fraction of sp³-hybridized carbons (Fsp3) is 0.200. The van der Waals surface area contributed by atoms with Gasteiger partial charge >= 0.3 is 6.03 Å². The number of hydrogen-bond acceptors (Lipinski definition) is 3. The van der Waals surface area contributed by atoms with Gasteiger partial charge in [-0.25, -0.2) is 4.79 Å². The average molecular weight is 415 g/mol. The van der Waals surface area contributed by atoms with Gasteiger partial charge in [0.25, 0.3) is 0 Å². The molecule has 1 fully saturated rings. The van der Waals surface area contributed by atoms with Crippen LogP contribution in [-0.2, 0) is 4.79 Å². The topological polar surface area (TPSA) is 70.7 Å². The van der Waals surface area contributed by atoms with Crippen molar-refractivity contribution in [1.82, 2.24) is 5.32 Å². The van der Waals surface area contributed by atoms with E-state index in [9.17, 15) is 9.59 Å². The summed E-state index contributed by atoms with van der Waals surface area (Å²) in [6.45, 7) is 2.95. The molecule has 0 saturated carbocycles. The third kappa shape index (κ3) is 4.86. The Morgan fingerprint density at radius 2 is 1.71 bits per heavy atom. The lowest BCUT2D eigenvalue weighted by molar-refractivity contribution is -0.117. The van der Waals surface area contributed by atoms with Crippen LogP contribution in [0.4, 0.5) is 16.2 Å². The maximum Gasteiger partial charge on any atom is 0.319 e. The number of anilines is 2. The van der Waals surface area contributed by atoms with Gasteiger partial charge in [-0.3, -0.25) is 4.79 Å². The second kappa shape index (κ2) is 9.34. The molecule has 0 radical (unpaired) electrons. The molecule has 0 unspecified atom stereocenters. The number of nitrogens with zero attached hydrogens (tertiary/aromatic N) is 1. The lowest BCUT2D eigenvalue weighted by Crippen LogP contribution is -2.39. The Balaban J connectivity index is 1.40. The molecule has 1 saturated heterocycles. The zero-order valence-electron chi connectivity index (χ0n) is 17.4. The molecule has 158 valence electrons. The molecule has 0 bridgehead atoms. The molecular formula is C25H25N3O3. The molecule has 6 nitrogen and oxygen atoms in total. The molecule has 31 heavy (non-hydrogen) atoms. The summed E-state index contributed by atoms with van der Waals surface area (Å²) in [6.07, 6.45) is 0.265. The van der Waals surface area contributed by atoms with Crippen LogP contribution in [0.25, 0.3) is 11.1 Å². The lowest BCUT2D eigenvalue weighted by Gasteiger charge is -2.18. The Kier molecular flexibility index (Phi) is 6.17. The molecule has 0 spiro atoms. The summed E-state index contributed by atoms with van der Waals surface area (Å²) in [5.74, 6) is 0.753. The summed E-state index contributed by atoms with van der Waals surface area (Å²) < 4.78 is 5.45. The number of rotatable bonds is 6. The molecule has 3 amide bonds. The molecule has 1 heterocycles. The zero-order valence-corrected chi connectivity index (χ0v) is 17.4. The summed E-state index contributed by atoms with van der Waals surface area (Å²) in [5.41, 5.74) is 3.49. The highest BCUT2D eigenvalue weighted by Gasteiger charge is 2.31. The van der Waals surface area contributed by atoms with Gasteiger partial charge in [-0.15, -0.1) is 0 Å². The lowest BCUT2D eigenvalue weighted by atomic mass is 10.0. The zero-order chi connectivity index (χ0) is 21.6. The molecule has 1 aliphatic rings. The van der Waals surface area contributed by atoms with E-state index >= 15 is 0 Å².